The van der Waals surface area contributed by atoms with E-state index < -0.39 is 128 Å². The highest BCUT2D eigenvalue weighted by molar-refractivity contribution is 6.74. The number of ether oxygens (including phenoxy) is 4. The molecule has 73 heavy (non-hydrogen) atoms. The van der Waals surface area contributed by atoms with Gasteiger partial charge in [-0.25, -0.2) is 9.59 Å². The van der Waals surface area contributed by atoms with Gasteiger partial charge in [-0.1, -0.05) is 122 Å². The standard InChI is InChI=1S/C57H75NO13Si2/c1-14-73(15-2,16-3)70-41-32-42-56(34-66-42,69-36(5)59)47-49(68-51(63)39-30-24-19-25-31-39)57(65)33-40(35(4)43(54(57,9)10)45(60)48(61)55(41,47)11)67-52(64)46(71-72(12,13)53(6,7)8)44(37-26-20-17-21-27-37)58-50(62)38-28-22-18-23-29-38/h17-31,40-42,44,46-47,49,65H,14-16,32-34H2,1-13H3,(H,58,62)/t40?,41?,42-,44+,46-,47+,49+,55-,56+,57-/m1/s1. The van der Waals surface area contributed by atoms with Gasteiger partial charge in [-0.3, -0.25) is 19.2 Å². The van der Waals surface area contributed by atoms with Gasteiger partial charge in [-0.05, 0) is 85.5 Å². The first-order chi connectivity index (χ1) is 34.2. The van der Waals surface area contributed by atoms with Crippen LogP contribution < -0.4 is 5.32 Å². The molecule has 2 N–H and O–H groups in total. The van der Waals surface area contributed by atoms with E-state index in [1.54, 1.807) is 113 Å². The first kappa shape index (κ1) is 55.6. The van der Waals surface area contributed by atoms with Gasteiger partial charge in [0.2, 0.25) is 11.6 Å². The van der Waals surface area contributed by atoms with E-state index in [-0.39, 0.29) is 29.7 Å². The molecule has 16 heteroatoms. The number of rotatable bonds is 16. The Hall–Kier alpha value is -5.11. The van der Waals surface area contributed by atoms with Crippen molar-refractivity contribution >= 4 is 52.0 Å². The number of carbonyl (C=O) groups is 6. The summed E-state index contributed by atoms with van der Waals surface area (Å²) in [7, 11) is -5.54. The molecule has 0 spiro atoms. The number of hydrogen-bond acceptors (Lipinski definition) is 13. The van der Waals surface area contributed by atoms with Crippen molar-refractivity contribution in [2.24, 2.45) is 16.7 Å². The number of carbonyl (C=O) groups excluding carboxylic acids is 6. The van der Waals surface area contributed by atoms with Crippen molar-refractivity contribution < 1.29 is 61.7 Å². The second-order valence-electron chi connectivity index (χ2n) is 22.8. The van der Waals surface area contributed by atoms with Crippen LogP contribution in [0.1, 0.15) is 121 Å². The molecule has 1 saturated heterocycles. The number of nitrogens with one attached hydrogen (secondary N) is 1. The minimum Gasteiger partial charge on any atom is -0.456 e. The number of esters is 3. The van der Waals surface area contributed by atoms with Gasteiger partial charge in [0.05, 0.1) is 35.6 Å². The van der Waals surface area contributed by atoms with Crippen molar-refractivity contribution in [3.63, 3.8) is 0 Å². The summed E-state index contributed by atoms with van der Waals surface area (Å²) in [5.41, 5.74) is -6.49. The van der Waals surface area contributed by atoms with Crippen LogP contribution >= 0.6 is 0 Å². The first-order valence-electron chi connectivity index (χ1n) is 25.8. The molecule has 4 aliphatic rings. The quantitative estimate of drug-likeness (QED) is 0.0598. The van der Waals surface area contributed by atoms with Crippen molar-refractivity contribution in [2.45, 2.75) is 173 Å². The van der Waals surface area contributed by atoms with Crippen LogP contribution in [0.3, 0.4) is 0 Å². The third kappa shape index (κ3) is 9.76. The molecule has 10 atom stereocenters. The second kappa shape index (κ2) is 20.5. The number of hydrogen-bond donors (Lipinski definition) is 2. The monoisotopic (exact) mass is 1040 g/mol. The number of aliphatic hydroxyl groups is 1. The van der Waals surface area contributed by atoms with E-state index in [0.717, 1.165) is 0 Å². The molecule has 394 valence electrons. The highest BCUT2D eigenvalue weighted by Gasteiger charge is 2.78. The predicted octanol–water partition coefficient (Wildman–Crippen LogP) is 9.43. The largest absolute Gasteiger partial charge is 0.456 e. The molecule has 2 unspecified atom stereocenters. The second-order valence-corrected chi connectivity index (χ2v) is 32.3. The average Bonchev–Trinajstić information content (AvgIpc) is 3.35. The lowest BCUT2D eigenvalue weighted by Crippen LogP contribution is -2.82. The van der Waals surface area contributed by atoms with Gasteiger partial charge in [0.15, 0.2) is 28.3 Å². The topological polar surface area (TPSA) is 190 Å². The van der Waals surface area contributed by atoms with E-state index in [4.69, 9.17) is 27.8 Å². The van der Waals surface area contributed by atoms with E-state index >= 15 is 14.4 Å². The minimum absolute atomic E-state index is 0.0759. The van der Waals surface area contributed by atoms with E-state index in [9.17, 15) is 19.5 Å². The lowest BCUT2D eigenvalue weighted by Gasteiger charge is -2.67. The summed E-state index contributed by atoms with van der Waals surface area (Å²) >= 11 is 0. The summed E-state index contributed by atoms with van der Waals surface area (Å²) < 4.78 is 40.2. The van der Waals surface area contributed by atoms with Crippen molar-refractivity contribution in [1.82, 2.24) is 5.32 Å². The zero-order valence-corrected chi connectivity index (χ0v) is 46.8. The molecule has 0 aromatic heterocycles. The maximum absolute atomic E-state index is 16.0. The Balaban J connectivity index is 1.45. The van der Waals surface area contributed by atoms with Gasteiger partial charge < -0.3 is 38.2 Å². The van der Waals surface area contributed by atoms with Gasteiger partial charge in [0, 0.05) is 36.3 Å². The number of fused-ring (bicyclic) bond motifs is 5. The third-order valence-corrected chi connectivity index (χ3v) is 26.6. The first-order valence-corrected chi connectivity index (χ1v) is 31.2. The van der Waals surface area contributed by atoms with E-state index in [1.807, 2.05) is 60.7 Å². The minimum atomic E-state index is -2.92. The lowest BCUT2D eigenvalue weighted by atomic mass is 9.45. The summed E-state index contributed by atoms with van der Waals surface area (Å²) in [5, 5.41) is 16.8. The highest BCUT2D eigenvalue weighted by Crippen LogP contribution is 2.64. The molecule has 3 aromatic rings. The number of ketones is 2. The summed E-state index contributed by atoms with van der Waals surface area (Å²) in [5.74, 6) is -6.19. The molecule has 0 radical (unpaired) electrons. The number of benzene rings is 3. The molecule has 1 heterocycles. The molecule has 14 nitrogen and oxygen atoms in total. The van der Waals surface area contributed by atoms with E-state index in [1.165, 1.54) is 6.92 Å². The Kier molecular flexibility index (Phi) is 15.7. The molecule has 2 bridgehead atoms. The van der Waals surface area contributed by atoms with Crippen molar-refractivity contribution in [1.29, 1.82) is 0 Å². The van der Waals surface area contributed by atoms with Crippen LogP contribution in [0.2, 0.25) is 36.3 Å². The van der Waals surface area contributed by atoms with Crippen LogP contribution in [0, 0.1) is 16.7 Å². The zero-order valence-electron chi connectivity index (χ0n) is 44.8. The fourth-order valence-electron chi connectivity index (χ4n) is 11.8. The molecule has 3 aliphatic carbocycles. The van der Waals surface area contributed by atoms with Crippen LogP contribution in [0.4, 0.5) is 0 Å². The summed E-state index contributed by atoms with van der Waals surface area (Å²) in [6.07, 6.45) is -6.90. The van der Waals surface area contributed by atoms with Crippen LogP contribution in [-0.4, -0.2) is 105 Å². The molecular formula is C57H75NO13Si2. The normalized spacial score (nSPS) is 28.7. The SMILES string of the molecule is CC[Si](CC)(CC)OC1C[C@H]2OC[C@@]2(OC(C)=O)[C@H]2[C@H](OC(=O)c3ccccc3)[C@]3(O)CC(OC(=O)[C@H](O[Si](C)(C)C(C)(C)C)[C@@H](NC(=O)c4ccccc4)c4ccccc4)C(C)=C(C(=O)C(=O)[C@]12C)C3(C)C. The van der Waals surface area contributed by atoms with Crippen molar-refractivity contribution in [3.8, 4) is 0 Å². The molecule has 3 fully saturated rings. The van der Waals surface area contributed by atoms with Crippen molar-refractivity contribution in [3.05, 3.63) is 119 Å². The summed E-state index contributed by atoms with van der Waals surface area (Å²) in [4.78, 5) is 89.6. The number of amides is 1. The summed E-state index contributed by atoms with van der Waals surface area (Å²) in [6.45, 7) is 23.6. The fourth-order valence-corrected chi connectivity index (χ4v) is 15.9. The Morgan fingerprint density at radius 1 is 0.836 bits per heavy atom. The Morgan fingerprint density at radius 2 is 1.38 bits per heavy atom. The van der Waals surface area contributed by atoms with E-state index in [2.05, 4.69) is 5.32 Å². The van der Waals surface area contributed by atoms with E-state index in [0.29, 0.717) is 29.3 Å². The van der Waals surface area contributed by atoms with Gasteiger partial charge >= 0.3 is 17.9 Å². The molecule has 1 aliphatic heterocycles. The predicted molar refractivity (Wildman–Crippen MR) is 279 cm³/mol. The summed E-state index contributed by atoms with van der Waals surface area (Å²) in [6, 6.07) is 26.7. The number of Topliss-reactive ketones (excluding diaryl/α,β-unsaturated/α-hetero) is 2. The van der Waals surface area contributed by atoms with Crippen LogP contribution in [0.25, 0.3) is 0 Å². The van der Waals surface area contributed by atoms with Gasteiger partial charge in [-0.15, -0.1) is 0 Å². The van der Waals surface area contributed by atoms with Crippen LogP contribution in [-0.2, 0) is 47.0 Å². The lowest BCUT2D eigenvalue weighted by molar-refractivity contribution is -0.342. The maximum Gasteiger partial charge on any atom is 0.338 e. The molecular weight excluding hydrogens is 963 g/mol. The molecule has 3 aromatic carbocycles. The smallest absolute Gasteiger partial charge is 0.338 e. The van der Waals surface area contributed by atoms with Gasteiger partial charge in [0.25, 0.3) is 5.91 Å². The van der Waals surface area contributed by atoms with Gasteiger partial charge in [-0.2, -0.15) is 0 Å². The van der Waals surface area contributed by atoms with Crippen LogP contribution in [0.5, 0.6) is 0 Å². The Labute approximate surface area is 432 Å². The molecule has 2 saturated carbocycles. The zero-order chi connectivity index (χ0) is 53.7. The fraction of sp³-hybridized carbons (Fsp3) is 0.544. The molecule has 7 rings (SSSR count). The third-order valence-electron chi connectivity index (χ3n) is 17.5. The highest BCUT2D eigenvalue weighted by atomic mass is 28.4. The average molecular weight is 1040 g/mol. The molecule has 1 amide bonds. The Bertz CT molecular complexity index is 2600. The van der Waals surface area contributed by atoms with Gasteiger partial charge in [0.1, 0.15) is 23.9 Å². The Morgan fingerprint density at radius 3 is 1.89 bits per heavy atom. The van der Waals surface area contributed by atoms with Crippen molar-refractivity contribution in [2.75, 3.05) is 6.61 Å². The maximum atomic E-state index is 16.0. The van der Waals surface area contributed by atoms with Crippen LogP contribution in [0.15, 0.2) is 102 Å².